The van der Waals surface area contributed by atoms with E-state index in [-0.39, 0.29) is 5.91 Å². The standard InChI is InChI=1S/C18H16N4OS3/c1-9(2)11-6-5-10-14(19)15(26-17(10)20-11)16(23)22-18-21-12(8-25-18)13-4-3-7-24-13/h3-9H,19H2,1-2H3,(H,21,22,23). The Kier molecular flexibility index (Phi) is 4.47. The topological polar surface area (TPSA) is 80.9 Å². The van der Waals surface area contributed by atoms with Crippen molar-refractivity contribution in [1.82, 2.24) is 9.97 Å². The fraction of sp³-hybridized carbons (Fsp3) is 0.167. The lowest BCUT2D eigenvalue weighted by Crippen LogP contribution is -2.11. The van der Waals surface area contributed by atoms with Crippen molar-refractivity contribution in [2.45, 2.75) is 19.8 Å². The van der Waals surface area contributed by atoms with E-state index in [1.54, 1.807) is 11.3 Å². The number of hydrogen-bond acceptors (Lipinski definition) is 7. The first-order valence-corrected chi connectivity index (χ1v) is 10.6. The van der Waals surface area contributed by atoms with Crippen LogP contribution in [-0.2, 0) is 0 Å². The molecule has 26 heavy (non-hydrogen) atoms. The van der Waals surface area contributed by atoms with Crippen molar-refractivity contribution in [3.8, 4) is 10.6 Å². The summed E-state index contributed by atoms with van der Waals surface area (Å²) in [7, 11) is 0. The maximum Gasteiger partial charge on any atom is 0.269 e. The Balaban J connectivity index is 1.61. The van der Waals surface area contributed by atoms with E-state index in [2.05, 4.69) is 29.1 Å². The SMILES string of the molecule is CC(C)c1ccc2c(N)c(C(=O)Nc3nc(-c4cccs4)cs3)sc2n1. The van der Waals surface area contributed by atoms with E-state index < -0.39 is 0 Å². The van der Waals surface area contributed by atoms with Gasteiger partial charge in [-0.1, -0.05) is 19.9 Å². The quantitative estimate of drug-likeness (QED) is 0.478. The molecular weight excluding hydrogens is 384 g/mol. The van der Waals surface area contributed by atoms with Crippen LogP contribution in [0.15, 0.2) is 35.0 Å². The van der Waals surface area contributed by atoms with Gasteiger partial charge in [0.2, 0.25) is 0 Å². The Labute approximate surface area is 162 Å². The number of nitrogens with one attached hydrogen (secondary N) is 1. The van der Waals surface area contributed by atoms with Crippen LogP contribution in [0, 0.1) is 0 Å². The van der Waals surface area contributed by atoms with Gasteiger partial charge in [-0.05, 0) is 29.5 Å². The molecule has 0 saturated heterocycles. The summed E-state index contributed by atoms with van der Waals surface area (Å²) in [6, 6.07) is 7.89. The molecule has 0 aliphatic heterocycles. The highest BCUT2D eigenvalue weighted by Crippen LogP contribution is 2.34. The smallest absolute Gasteiger partial charge is 0.269 e. The maximum absolute atomic E-state index is 12.7. The van der Waals surface area contributed by atoms with Crippen LogP contribution < -0.4 is 11.1 Å². The van der Waals surface area contributed by atoms with Crippen LogP contribution in [0.2, 0.25) is 0 Å². The maximum atomic E-state index is 12.7. The Morgan fingerprint density at radius 3 is 2.77 bits per heavy atom. The van der Waals surface area contributed by atoms with Crippen LogP contribution in [0.4, 0.5) is 10.8 Å². The molecule has 4 rings (SSSR count). The van der Waals surface area contributed by atoms with Crippen molar-refractivity contribution in [3.63, 3.8) is 0 Å². The number of carbonyl (C=O) groups is 1. The van der Waals surface area contributed by atoms with Crippen LogP contribution >= 0.6 is 34.0 Å². The van der Waals surface area contributed by atoms with Crippen molar-refractivity contribution < 1.29 is 4.79 Å². The number of hydrogen-bond donors (Lipinski definition) is 2. The molecule has 0 radical (unpaired) electrons. The van der Waals surface area contributed by atoms with Gasteiger partial charge in [-0.2, -0.15) is 0 Å². The lowest BCUT2D eigenvalue weighted by Gasteiger charge is -2.03. The Hall–Kier alpha value is -2.29. The summed E-state index contributed by atoms with van der Waals surface area (Å²) in [4.78, 5) is 24.1. The molecule has 3 N–H and O–H groups in total. The lowest BCUT2D eigenvalue weighted by molar-refractivity contribution is 0.103. The van der Waals surface area contributed by atoms with Crippen LogP contribution in [0.1, 0.15) is 35.1 Å². The normalized spacial score (nSPS) is 11.3. The molecule has 1 amide bonds. The molecule has 132 valence electrons. The highest BCUT2D eigenvalue weighted by Gasteiger charge is 2.19. The molecule has 0 saturated carbocycles. The Bertz CT molecular complexity index is 1080. The highest BCUT2D eigenvalue weighted by atomic mass is 32.1. The largest absolute Gasteiger partial charge is 0.397 e. The molecule has 4 heterocycles. The van der Waals surface area contributed by atoms with Gasteiger partial charge in [-0.15, -0.1) is 34.0 Å². The third-order valence-corrected chi connectivity index (χ3v) is 6.68. The first-order chi connectivity index (χ1) is 12.5. The number of aromatic nitrogens is 2. The number of rotatable bonds is 4. The molecule has 0 aliphatic carbocycles. The van der Waals surface area contributed by atoms with Crippen LogP contribution in [-0.4, -0.2) is 15.9 Å². The molecule has 4 aromatic heterocycles. The zero-order valence-corrected chi connectivity index (χ0v) is 16.6. The summed E-state index contributed by atoms with van der Waals surface area (Å²) in [6.45, 7) is 4.18. The van der Waals surface area contributed by atoms with Gasteiger partial charge in [-0.3, -0.25) is 10.1 Å². The molecule has 5 nitrogen and oxygen atoms in total. The lowest BCUT2D eigenvalue weighted by atomic mass is 10.1. The van der Waals surface area contributed by atoms with E-state index in [1.165, 1.54) is 22.7 Å². The minimum absolute atomic E-state index is 0.247. The zero-order valence-electron chi connectivity index (χ0n) is 14.1. The van der Waals surface area contributed by atoms with Gasteiger partial charge in [0.25, 0.3) is 5.91 Å². The number of thiophene rings is 2. The molecule has 0 unspecified atom stereocenters. The number of carbonyl (C=O) groups excluding carboxylic acids is 1. The van der Waals surface area contributed by atoms with Gasteiger partial charge in [-0.25, -0.2) is 9.97 Å². The predicted molar refractivity (Wildman–Crippen MR) is 112 cm³/mol. The first kappa shape index (κ1) is 17.1. The van der Waals surface area contributed by atoms with Gasteiger partial charge in [0.05, 0.1) is 16.3 Å². The average Bonchev–Trinajstić information content (AvgIpc) is 3.34. The second-order valence-corrected chi connectivity index (χ2v) is 8.86. The van der Waals surface area contributed by atoms with Crippen LogP contribution in [0.3, 0.4) is 0 Å². The molecule has 0 spiro atoms. The number of nitrogen functional groups attached to an aromatic ring is 1. The van der Waals surface area contributed by atoms with Crippen LogP contribution in [0.25, 0.3) is 20.8 Å². The van der Waals surface area contributed by atoms with E-state index in [0.717, 1.165) is 26.5 Å². The second kappa shape index (κ2) is 6.79. The number of nitrogens with zero attached hydrogens (tertiary/aromatic N) is 2. The molecule has 8 heteroatoms. The summed E-state index contributed by atoms with van der Waals surface area (Å²) in [6.07, 6.45) is 0. The summed E-state index contributed by atoms with van der Waals surface area (Å²) in [5.41, 5.74) is 8.53. The van der Waals surface area contributed by atoms with Crippen LogP contribution in [0.5, 0.6) is 0 Å². The third-order valence-electron chi connectivity index (χ3n) is 3.91. The highest BCUT2D eigenvalue weighted by molar-refractivity contribution is 7.21. The Morgan fingerprint density at radius 1 is 1.19 bits per heavy atom. The van der Waals surface area contributed by atoms with Gasteiger partial charge in [0.1, 0.15) is 9.71 Å². The fourth-order valence-corrected chi connectivity index (χ4v) is 4.99. The van der Waals surface area contributed by atoms with Gasteiger partial charge in [0, 0.05) is 16.5 Å². The summed E-state index contributed by atoms with van der Waals surface area (Å²) in [5.74, 6) is 0.0784. The molecule has 0 fully saturated rings. The molecule has 4 aromatic rings. The van der Waals surface area contributed by atoms with E-state index in [4.69, 9.17) is 5.73 Å². The summed E-state index contributed by atoms with van der Waals surface area (Å²) < 4.78 is 0. The van der Waals surface area contributed by atoms with Crippen molar-refractivity contribution in [2.24, 2.45) is 0 Å². The average molecular weight is 401 g/mol. The van der Waals surface area contributed by atoms with Gasteiger partial charge >= 0.3 is 0 Å². The van der Waals surface area contributed by atoms with E-state index in [1.807, 2.05) is 35.0 Å². The van der Waals surface area contributed by atoms with Crippen molar-refractivity contribution in [2.75, 3.05) is 11.1 Å². The molecule has 0 bridgehead atoms. The zero-order chi connectivity index (χ0) is 18.3. The monoisotopic (exact) mass is 400 g/mol. The van der Waals surface area contributed by atoms with Crippen molar-refractivity contribution >= 4 is 61.0 Å². The third kappa shape index (κ3) is 3.11. The molecule has 0 aliphatic rings. The van der Waals surface area contributed by atoms with Crippen molar-refractivity contribution in [1.29, 1.82) is 0 Å². The molecular formula is C18H16N4OS3. The number of nitrogens with two attached hydrogens (primary N) is 1. The van der Waals surface area contributed by atoms with Gasteiger partial charge < -0.3 is 5.73 Å². The minimum atomic E-state index is -0.247. The number of pyridine rings is 1. The minimum Gasteiger partial charge on any atom is -0.397 e. The van der Waals surface area contributed by atoms with E-state index in [0.29, 0.717) is 21.6 Å². The molecule has 0 aromatic carbocycles. The first-order valence-electron chi connectivity index (χ1n) is 8.02. The number of fused-ring (bicyclic) bond motifs is 1. The van der Waals surface area contributed by atoms with Crippen molar-refractivity contribution in [3.05, 3.63) is 45.6 Å². The van der Waals surface area contributed by atoms with Gasteiger partial charge in [0.15, 0.2) is 5.13 Å². The number of amides is 1. The summed E-state index contributed by atoms with van der Waals surface area (Å²) >= 11 is 4.34. The summed E-state index contributed by atoms with van der Waals surface area (Å²) in [5, 5.41) is 8.18. The second-order valence-electron chi connectivity index (χ2n) is 6.06. The van der Waals surface area contributed by atoms with E-state index in [9.17, 15) is 4.79 Å². The molecule has 0 atom stereocenters. The predicted octanol–water partition coefficient (Wildman–Crippen LogP) is 5.44. The van der Waals surface area contributed by atoms with E-state index >= 15 is 0 Å². The fourth-order valence-electron chi connectivity index (χ4n) is 2.52. The number of thiazole rings is 1. The Morgan fingerprint density at radius 2 is 2.04 bits per heavy atom. The number of anilines is 2.